The largest absolute Gasteiger partial charge is 0.370 e. The molecule has 23 heteroatoms. The molecule has 0 saturated carbocycles. The van der Waals surface area contributed by atoms with Crippen molar-refractivity contribution in [2.75, 3.05) is 24.7 Å². The monoisotopic (exact) mass is 1040 g/mol. The van der Waals surface area contributed by atoms with Crippen molar-refractivity contribution in [3.05, 3.63) is 90.1 Å². The third-order valence-electron chi connectivity index (χ3n) is 12.5. The van der Waals surface area contributed by atoms with Crippen molar-refractivity contribution in [3.63, 3.8) is 0 Å². The van der Waals surface area contributed by atoms with E-state index in [1.165, 1.54) is 19.4 Å². The van der Waals surface area contributed by atoms with E-state index in [4.69, 9.17) is 11.5 Å². The number of thioether (sulfide) groups is 1. The van der Waals surface area contributed by atoms with Crippen molar-refractivity contribution >= 4 is 75.8 Å². The lowest BCUT2D eigenvalue weighted by atomic mass is 10.0. The van der Waals surface area contributed by atoms with E-state index in [-0.39, 0.29) is 44.1 Å². The maximum absolute atomic E-state index is 14.2. The molecule has 5 rings (SSSR count). The fourth-order valence-corrected chi connectivity index (χ4v) is 9.74. The maximum atomic E-state index is 14.2. The molecule has 1 saturated heterocycles. The van der Waals surface area contributed by atoms with Crippen LogP contribution in [0, 0.1) is 11.8 Å². The Hall–Kier alpha value is -7.27. The highest BCUT2D eigenvalue weighted by atomic mass is 32.2. The summed E-state index contributed by atoms with van der Waals surface area (Å²) in [4.78, 5) is 132. The predicted molar refractivity (Wildman–Crippen MR) is 279 cm³/mol. The first-order valence-electron chi connectivity index (χ1n) is 24.8. The third kappa shape index (κ3) is 18.0. The lowest BCUT2D eigenvalue weighted by molar-refractivity contribution is -0.135. The van der Waals surface area contributed by atoms with E-state index in [9.17, 15) is 43.2 Å². The molecule has 2 aromatic heterocycles. The molecule has 9 amide bonds. The molecule has 0 radical (unpaired) electrons. The van der Waals surface area contributed by atoms with Crippen LogP contribution in [0.4, 0.5) is 0 Å². The number of hydrogen-bond donors (Lipinski definition) is 11. The predicted octanol–water partition coefficient (Wildman–Crippen LogP) is 0.182. The van der Waals surface area contributed by atoms with Crippen molar-refractivity contribution in [3.8, 4) is 0 Å². The van der Waals surface area contributed by atoms with E-state index >= 15 is 0 Å². The Bertz CT molecular complexity index is 2560. The molecule has 22 nitrogen and oxygen atoms in total. The molecular weight excluding hydrogens is 971 g/mol. The first-order valence-corrected chi connectivity index (χ1v) is 26.0. The fourth-order valence-electron chi connectivity index (χ4n) is 8.52. The van der Waals surface area contributed by atoms with Gasteiger partial charge >= 0.3 is 0 Å². The van der Waals surface area contributed by atoms with Crippen LogP contribution >= 0.6 is 11.8 Å². The maximum Gasteiger partial charge on any atom is 0.243 e. The van der Waals surface area contributed by atoms with Crippen molar-refractivity contribution < 1.29 is 43.2 Å². The van der Waals surface area contributed by atoms with Gasteiger partial charge in [-0.15, -0.1) is 11.8 Å². The van der Waals surface area contributed by atoms with Gasteiger partial charge in [0.25, 0.3) is 0 Å². The minimum atomic E-state index is -1.30. The van der Waals surface area contributed by atoms with Gasteiger partial charge in [-0.05, 0) is 55.2 Å². The number of imidazole rings is 1. The number of carbonyl (C=O) groups is 9. The van der Waals surface area contributed by atoms with Crippen LogP contribution in [0.25, 0.3) is 10.9 Å². The average molecular weight is 1040 g/mol. The summed E-state index contributed by atoms with van der Waals surface area (Å²) < 4.78 is 0. The molecule has 3 heterocycles. The number of aromatic amines is 2. The fraction of sp³-hybridized carbons (Fsp3) is 0.490. The van der Waals surface area contributed by atoms with E-state index in [0.29, 0.717) is 42.3 Å². The molecule has 0 aliphatic carbocycles. The Labute approximate surface area is 434 Å². The number of benzene rings is 2. The molecule has 0 bridgehead atoms. The number of nitrogens with one attached hydrogen (secondary N) is 9. The summed E-state index contributed by atoms with van der Waals surface area (Å²) >= 11 is 1.58. The van der Waals surface area contributed by atoms with Gasteiger partial charge in [0.1, 0.15) is 30.2 Å². The molecule has 13 N–H and O–H groups in total. The highest BCUT2D eigenvalue weighted by Gasteiger charge is 2.35. The van der Waals surface area contributed by atoms with Gasteiger partial charge in [-0.25, -0.2) is 4.98 Å². The minimum Gasteiger partial charge on any atom is -0.370 e. The van der Waals surface area contributed by atoms with E-state index in [0.717, 1.165) is 16.5 Å². The molecule has 7 unspecified atom stereocenters. The van der Waals surface area contributed by atoms with Crippen molar-refractivity contribution in [2.24, 2.45) is 23.3 Å². The number of fused-ring (bicyclic) bond motifs is 1. The Kier molecular flexibility index (Phi) is 22.0. The van der Waals surface area contributed by atoms with Crippen molar-refractivity contribution in [1.82, 2.24) is 57.1 Å². The van der Waals surface area contributed by atoms with E-state index < -0.39 is 102 Å². The highest BCUT2D eigenvalue weighted by molar-refractivity contribution is 7.99. The zero-order valence-electron chi connectivity index (χ0n) is 42.5. The number of nitrogens with two attached hydrogens (primary N) is 2. The van der Waals surface area contributed by atoms with Crippen LogP contribution in [0.2, 0.25) is 0 Å². The van der Waals surface area contributed by atoms with Crippen LogP contribution in [0.3, 0.4) is 0 Å². The second kappa shape index (κ2) is 28.3. The molecule has 0 spiro atoms. The van der Waals surface area contributed by atoms with Crippen molar-refractivity contribution in [2.45, 2.75) is 122 Å². The number of H-pyrrole nitrogens is 2. The Balaban J connectivity index is 1.22. The number of rotatable bonds is 29. The summed E-state index contributed by atoms with van der Waals surface area (Å²) in [5.74, 6) is -4.92. The molecule has 74 heavy (non-hydrogen) atoms. The smallest absolute Gasteiger partial charge is 0.243 e. The van der Waals surface area contributed by atoms with Gasteiger partial charge in [0.2, 0.25) is 53.2 Å². The van der Waals surface area contributed by atoms with E-state index in [1.54, 1.807) is 31.8 Å². The van der Waals surface area contributed by atoms with Gasteiger partial charge in [-0.2, -0.15) is 0 Å². The summed E-state index contributed by atoms with van der Waals surface area (Å²) in [7, 11) is 0. The molecule has 1 aliphatic heterocycles. The summed E-state index contributed by atoms with van der Waals surface area (Å²) in [6.45, 7) is 8.60. The molecule has 400 valence electrons. The zero-order chi connectivity index (χ0) is 53.9. The summed E-state index contributed by atoms with van der Waals surface area (Å²) in [5, 5.41) is 19.8. The van der Waals surface area contributed by atoms with Gasteiger partial charge in [0.05, 0.1) is 18.9 Å². The number of aryl methyl sites for hydroxylation is 1. The second-order valence-corrected chi connectivity index (χ2v) is 20.3. The van der Waals surface area contributed by atoms with Crippen LogP contribution in [-0.4, -0.2) is 140 Å². The Morgan fingerprint density at radius 3 is 2.08 bits per heavy atom. The van der Waals surface area contributed by atoms with Crippen LogP contribution in [0.15, 0.2) is 73.3 Å². The van der Waals surface area contributed by atoms with Gasteiger partial charge in [0.15, 0.2) is 0 Å². The standard InChI is InChI=1S/C51H71N13O9S/c1-29(2)19-35(25-64-28-74-26-41(64)46(53)68)59-50(72)40(21-34-23-54-27-57-34)61-44(67)24-56-51(73)45(30(3)4)63-47(69)31(5)58-49(71)39(20-33-22-55-37-14-10-9-13-36(33)37)62-48(70)38(16-17-42(52)65)60-43(66)18-15-32-11-7-6-8-12-32/h6-14,22-23,27,29-31,35,38-41,45,55H,15-21,24-26,28H2,1-5H3,(H2,52,65)(H2,53,68)(H,54,57)(H,56,73)(H,58,71)(H,59,72)(H,60,66)(H,61,67)(H,62,70)(H,63,69). The normalized spacial score (nSPS) is 16.0. The van der Waals surface area contributed by atoms with Gasteiger partial charge in [0, 0.05) is 78.9 Å². The van der Waals surface area contributed by atoms with Crippen LogP contribution in [0.1, 0.15) is 77.1 Å². The Morgan fingerprint density at radius 1 is 0.730 bits per heavy atom. The number of primary amides is 2. The molecule has 7 atom stereocenters. The Morgan fingerprint density at radius 2 is 1.41 bits per heavy atom. The quantitative estimate of drug-likeness (QED) is 0.0347. The summed E-state index contributed by atoms with van der Waals surface area (Å²) in [6.07, 6.45) is 5.33. The molecular formula is C51H71N13O9S. The third-order valence-corrected chi connectivity index (χ3v) is 13.5. The topological polar surface area (TPSA) is 338 Å². The van der Waals surface area contributed by atoms with E-state index in [1.807, 2.05) is 73.3 Å². The van der Waals surface area contributed by atoms with Gasteiger partial charge < -0.3 is 58.7 Å². The first-order chi connectivity index (χ1) is 35.3. The van der Waals surface area contributed by atoms with Gasteiger partial charge in [-0.3, -0.25) is 48.1 Å². The van der Waals surface area contributed by atoms with Crippen LogP contribution in [-0.2, 0) is 62.4 Å². The number of nitrogens with zero attached hydrogens (tertiary/aromatic N) is 2. The zero-order valence-corrected chi connectivity index (χ0v) is 43.4. The molecule has 1 fully saturated rings. The second-order valence-electron chi connectivity index (χ2n) is 19.3. The molecule has 4 aromatic rings. The average Bonchev–Trinajstić information content (AvgIpc) is 4.15. The lowest BCUT2D eigenvalue weighted by Crippen LogP contribution is -2.59. The van der Waals surface area contributed by atoms with Crippen LogP contribution in [0.5, 0.6) is 0 Å². The van der Waals surface area contributed by atoms with Crippen molar-refractivity contribution in [1.29, 1.82) is 0 Å². The summed E-state index contributed by atoms with van der Waals surface area (Å²) in [5.41, 5.74) is 14.0. The first kappa shape index (κ1) is 57.6. The number of hydrogen-bond acceptors (Lipinski definition) is 12. The van der Waals surface area contributed by atoms with Crippen LogP contribution < -0.4 is 48.7 Å². The number of carbonyl (C=O) groups excluding carboxylic acids is 9. The lowest BCUT2D eigenvalue weighted by Gasteiger charge is -2.30. The number of para-hydroxylation sites is 1. The SMILES string of the molecule is CC(C)CC(CN1CSCC1C(N)=O)NC(=O)C(Cc1cnc[nH]1)NC(=O)CNC(=O)C(NC(=O)C(C)NC(=O)C(Cc1c[nH]c2ccccc12)NC(=O)C(CCC(N)=O)NC(=O)CCc1ccccc1)C(C)C. The van der Waals surface area contributed by atoms with E-state index in [2.05, 4.69) is 52.2 Å². The minimum absolute atomic E-state index is 0.0440. The molecule has 1 aliphatic rings. The highest BCUT2D eigenvalue weighted by Crippen LogP contribution is 2.23. The molecule has 2 aromatic carbocycles. The number of amides is 9. The summed E-state index contributed by atoms with van der Waals surface area (Å²) in [6, 6.07) is 9.74. The van der Waals surface area contributed by atoms with Gasteiger partial charge in [-0.1, -0.05) is 76.2 Å². The number of aromatic nitrogens is 3.